The summed E-state index contributed by atoms with van der Waals surface area (Å²) in [4.78, 5) is 2.48. The molecule has 13 rings (SSSR count). The first kappa shape index (κ1) is 36.9. The van der Waals surface area contributed by atoms with Gasteiger partial charge in [0.2, 0.25) is 0 Å². The van der Waals surface area contributed by atoms with E-state index in [-0.39, 0.29) is 0 Å². The molecule has 0 saturated carbocycles. The number of hydrogen-bond donors (Lipinski definition) is 0. The average Bonchev–Trinajstić information content (AvgIpc) is 3.93. The van der Waals surface area contributed by atoms with Crippen molar-refractivity contribution in [2.45, 2.75) is 0 Å². The Balaban J connectivity index is 1.09. The van der Waals surface area contributed by atoms with Crippen molar-refractivity contribution < 1.29 is 4.42 Å². The third-order valence-corrected chi connectivity index (χ3v) is 13.2. The van der Waals surface area contributed by atoms with Gasteiger partial charge in [-0.05, 0) is 110 Å². The molecule has 0 aliphatic carbocycles. The third kappa shape index (κ3) is 5.97. The first-order valence-corrected chi connectivity index (χ1v) is 22.3. The van der Waals surface area contributed by atoms with E-state index in [1.165, 1.54) is 37.9 Å². The summed E-state index contributed by atoms with van der Waals surface area (Å²) in [5.74, 6) is 0. The van der Waals surface area contributed by atoms with Crippen molar-refractivity contribution in [3.63, 3.8) is 0 Å². The maximum Gasteiger partial charge on any atom is 0.136 e. The summed E-state index contributed by atoms with van der Waals surface area (Å²) in [6.45, 7) is 0. The highest BCUT2D eigenvalue weighted by Gasteiger charge is 2.24. The van der Waals surface area contributed by atoms with Crippen LogP contribution in [-0.4, -0.2) is 4.57 Å². The minimum absolute atomic E-state index is 0.889. The van der Waals surface area contributed by atoms with Crippen LogP contribution in [0.1, 0.15) is 0 Å². The molecule has 0 aliphatic rings. The fourth-order valence-electron chi connectivity index (χ4n) is 10.3. The molecule has 2 aromatic heterocycles. The molecule has 0 aliphatic heterocycles. The van der Waals surface area contributed by atoms with E-state index in [9.17, 15) is 0 Å². The van der Waals surface area contributed by atoms with Crippen molar-refractivity contribution in [2.24, 2.45) is 0 Å². The van der Waals surface area contributed by atoms with Gasteiger partial charge < -0.3 is 13.9 Å². The molecule has 0 unspecified atom stereocenters. The predicted molar refractivity (Wildman–Crippen MR) is 274 cm³/mol. The molecule has 0 spiro atoms. The summed E-state index contributed by atoms with van der Waals surface area (Å²) in [6, 6.07) is 88.0. The molecule has 0 saturated heterocycles. The van der Waals surface area contributed by atoms with E-state index >= 15 is 0 Å². The lowest BCUT2D eigenvalue weighted by Crippen LogP contribution is -2.14. The second kappa shape index (κ2) is 15.0. The maximum absolute atomic E-state index is 6.34. The van der Waals surface area contributed by atoms with Crippen LogP contribution in [0.4, 0.5) is 17.1 Å². The van der Waals surface area contributed by atoms with Crippen LogP contribution in [0.2, 0.25) is 0 Å². The summed E-state index contributed by atoms with van der Waals surface area (Å²) in [5.41, 5.74) is 15.3. The van der Waals surface area contributed by atoms with E-state index in [1.54, 1.807) is 0 Å². The molecular weight excluding hydrogens is 789 g/mol. The van der Waals surface area contributed by atoms with Gasteiger partial charge in [-0.2, -0.15) is 0 Å². The highest BCUT2D eigenvalue weighted by atomic mass is 16.3. The molecule has 3 heteroatoms. The second-order valence-corrected chi connectivity index (χ2v) is 16.8. The van der Waals surface area contributed by atoms with Crippen molar-refractivity contribution in [3.05, 3.63) is 243 Å². The molecule has 65 heavy (non-hydrogen) atoms. The molecule has 0 amide bonds. The van der Waals surface area contributed by atoms with Crippen molar-refractivity contribution >= 4 is 82.4 Å². The second-order valence-electron chi connectivity index (χ2n) is 16.8. The molecule has 0 radical (unpaired) electrons. The first-order chi connectivity index (χ1) is 32.3. The Morgan fingerprint density at radius 1 is 0.323 bits per heavy atom. The predicted octanol–water partition coefficient (Wildman–Crippen LogP) is 17.5. The minimum atomic E-state index is 0.889. The van der Waals surface area contributed by atoms with Crippen LogP contribution in [0.3, 0.4) is 0 Å². The van der Waals surface area contributed by atoms with Crippen LogP contribution < -0.4 is 4.90 Å². The molecule has 0 bridgehead atoms. The number of rotatable bonds is 7. The zero-order chi connectivity index (χ0) is 42.8. The number of hydrogen-bond acceptors (Lipinski definition) is 2. The van der Waals surface area contributed by atoms with Gasteiger partial charge >= 0.3 is 0 Å². The number of anilines is 3. The number of aromatic nitrogens is 1. The lowest BCUT2D eigenvalue weighted by atomic mass is 9.91. The first-order valence-electron chi connectivity index (χ1n) is 22.3. The van der Waals surface area contributed by atoms with Gasteiger partial charge in [-0.25, -0.2) is 0 Å². The van der Waals surface area contributed by atoms with Gasteiger partial charge in [0, 0.05) is 32.8 Å². The summed E-state index contributed by atoms with van der Waals surface area (Å²) in [7, 11) is 0. The Labute approximate surface area is 376 Å². The zero-order valence-corrected chi connectivity index (χ0v) is 35.4. The molecule has 3 nitrogen and oxygen atoms in total. The van der Waals surface area contributed by atoms with Gasteiger partial charge in [-0.1, -0.05) is 182 Å². The van der Waals surface area contributed by atoms with Crippen molar-refractivity contribution in [1.29, 1.82) is 0 Å². The van der Waals surface area contributed by atoms with Crippen molar-refractivity contribution in [1.82, 2.24) is 4.57 Å². The van der Waals surface area contributed by atoms with E-state index in [2.05, 4.69) is 240 Å². The molecule has 2 heterocycles. The zero-order valence-electron chi connectivity index (χ0n) is 35.4. The summed E-state index contributed by atoms with van der Waals surface area (Å²) >= 11 is 0. The van der Waals surface area contributed by atoms with E-state index < -0.39 is 0 Å². The number of furan rings is 1. The molecule has 0 N–H and O–H groups in total. The van der Waals surface area contributed by atoms with Gasteiger partial charge in [-0.15, -0.1) is 0 Å². The summed E-state index contributed by atoms with van der Waals surface area (Å²) < 4.78 is 8.78. The van der Waals surface area contributed by atoms with E-state index in [4.69, 9.17) is 4.42 Å². The van der Waals surface area contributed by atoms with Crippen LogP contribution in [0, 0.1) is 0 Å². The SMILES string of the molecule is c1ccc(-c2ccc(-c3cc4ccccc4c4ccccc34)cc2N(c2ccc(-c3cccc4oc5ccccc5c34)cc2)c2ccccc2-n2c3ccccc3c3ccccc32)cc1. The van der Waals surface area contributed by atoms with Gasteiger partial charge in [0.1, 0.15) is 11.2 Å². The molecule has 304 valence electrons. The molecule has 0 atom stereocenters. The summed E-state index contributed by atoms with van der Waals surface area (Å²) in [6.07, 6.45) is 0. The Morgan fingerprint density at radius 3 is 1.69 bits per heavy atom. The molecule has 11 aromatic carbocycles. The van der Waals surface area contributed by atoms with Crippen LogP contribution in [-0.2, 0) is 0 Å². The Hall–Kier alpha value is -8.66. The van der Waals surface area contributed by atoms with E-state index in [0.29, 0.717) is 0 Å². The fourth-order valence-corrected chi connectivity index (χ4v) is 10.3. The Morgan fingerprint density at radius 2 is 0.908 bits per heavy atom. The minimum Gasteiger partial charge on any atom is -0.456 e. The van der Waals surface area contributed by atoms with Crippen LogP contribution in [0.25, 0.3) is 104 Å². The highest BCUT2D eigenvalue weighted by Crippen LogP contribution is 2.48. The van der Waals surface area contributed by atoms with Gasteiger partial charge in [0.25, 0.3) is 0 Å². The van der Waals surface area contributed by atoms with Gasteiger partial charge in [0.15, 0.2) is 0 Å². The number of benzene rings is 11. The maximum atomic E-state index is 6.34. The molecule has 13 aromatic rings. The number of para-hydroxylation sites is 5. The third-order valence-electron chi connectivity index (χ3n) is 13.2. The molecular formula is C62H40N2O. The van der Waals surface area contributed by atoms with Gasteiger partial charge in [-0.3, -0.25) is 0 Å². The lowest BCUT2D eigenvalue weighted by Gasteiger charge is -2.31. The smallest absolute Gasteiger partial charge is 0.136 e. The number of nitrogens with zero attached hydrogens (tertiary/aromatic N) is 2. The van der Waals surface area contributed by atoms with Gasteiger partial charge in [0.05, 0.1) is 28.1 Å². The van der Waals surface area contributed by atoms with Crippen molar-refractivity contribution in [2.75, 3.05) is 4.90 Å². The monoisotopic (exact) mass is 828 g/mol. The Bertz CT molecular complexity index is 3900. The standard InChI is InChI=1S/C62H40N2O/c1-2-17-41(18-3-1)47-38-35-44(54-39-43-19-4-5-20-46(43)49-21-6-7-22-50(49)54)40-59(47)63(45-36-33-42(34-37-45)48-26-16-32-61-62(48)53-25-10-15-31-60(53)65-61)57-29-13-14-30-58(57)64-55-27-11-8-23-51(55)52-24-9-12-28-56(52)64/h1-40H. The summed E-state index contributed by atoms with van der Waals surface area (Å²) in [5, 5.41) is 9.66. The van der Waals surface area contributed by atoms with Crippen LogP contribution in [0.5, 0.6) is 0 Å². The van der Waals surface area contributed by atoms with E-state index in [0.717, 1.165) is 83.5 Å². The quantitative estimate of drug-likeness (QED) is 0.149. The molecule has 0 fully saturated rings. The largest absolute Gasteiger partial charge is 0.456 e. The fraction of sp³-hybridized carbons (Fsp3) is 0. The van der Waals surface area contributed by atoms with Crippen LogP contribution >= 0.6 is 0 Å². The normalized spacial score (nSPS) is 11.7. The van der Waals surface area contributed by atoms with E-state index in [1.807, 2.05) is 12.1 Å². The average molecular weight is 829 g/mol. The van der Waals surface area contributed by atoms with Crippen LogP contribution in [0.15, 0.2) is 247 Å². The topological polar surface area (TPSA) is 21.3 Å². The van der Waals surface area contributed by atoms with Crippen molar-refractivity contribution in [3.8, 4) is 39.1 Å². The lowest BCUT2D eigenvalue weighted by molar-refractivity contribution is 0.669. The highest BCUT2D eigenvalue weighted by molar-refractivity contribution is 6.15. The number of fused-ring (bicyclic) bond motifs is 9. The Kier molecular flexibility index (Phi) is 8.53.